The Morgan fingerprint density at radius 1 is 1.18 bits per heavy atom. The molecule has 1 fully saturated rings. The number of aromatic nitrogens is 3. The van der Waals surface area contributed by atoms with Crippen LogP contribution in [0.25, 0.3) is 27.7 Å². The van der Waals surface area contributed by atoms with Crippen molar-refractivity contribution in [3.05, 3.63) is 40.2 Å². The second-order valence-electron chi connectivity index (χ2n) is 9.90. The van der Waals surface area contributed by atoms with Crippen LogP contribution in [0.1, 0.15) is 43.9 Å². The smallest absolute Gasteiger partial charge is 0.228 e. The van der Waals surface area contributed by atoms with Crippen LogP contribution in [0.3, 0.4) is 0 Å². The number of allylic oxidation sites excluding steroid dienone is 1. The van der Waals surface area contributed by atoms with Gasteiger partial charge < -0.3 is 20.3 Å². The third kappa shape index (κ3) is 4.36. The first-order valence-electron chi connectivity index (χ1n) is 13.1. The second-order valence-corrected chi connectivity index (χ2v) is 10.9. The van der Waals surface area contributed by atoms with Gasteiger partial charge in [0.1, 0.15) is 17.4 Å². The maximum Gasteiger partial charge on any atom is 0.228 e. The van der Waals surface area contributed by atoms with Crippen molar-refractivity contribution in [2.75, 3.05) is 42.7 Å². The molecule has 0 amide bonds. The molecule has 2 N–H and O–H groups in total. The van der Waals surface area contributed by atoms with E-state index in [-0.39, 0.29) is 51.8 Å². The lowest BCUT2D eigenvalue weighted by molar-refractivity contribution is 0.135. The lowest BCUT2D eigenvalue weighted by atomic mass is 9.91. The molecule has 3 aliphatic rings. The zero-order valence-electron chi connectivity index (χ0n) is 22.7. The van der Waals surface area contributed by atoms with Crippen molar-refractivity contribution in [3.8, 4) is 17.3 Å². The summed E-state index contributed by atoms with van der Waals surface area (Å²) in [6.07, 6.45) is 2.09. The largest absolute Gasteiger partial charge is 0.400 e. The molecular weight excluding hydrogens is 520 g/mol. The molecule has 0 radical (unpaired) electrons. The first kappa shape index (κ1) is 27.1. The van der Waals surface area contributed by atoms with Crippen molar-refractivity contribution >= 4 is 40.0 Å². The summed E-state index contributed by atoms with van der Waals surface area (Å²) < 4.78 is 37.4. The molecule has 8 nitrogen and oxygen atoms in total. The van der Waals surface area contributed by atoms with Gasteiger partial charge in [0.15, 0.2) is 11.6 Å². The average molecular weight is 552 g/mol. The van der Waals surface area contributed by atoms with E-state index in [1.54, 1.807) is 0 Å². The molecule has 0 saturated carbocycles. The summed E-state index contributed by atoms with van der Waals surface area (Å²) in [5, 5.41) is 10.5. The fourth-order valence-corrected chi connectivity index (χ4v) is 6.35. The van der Waals surface area contributed by atoms with Gasteiger partial charge in [0, 0.05) is 49.8 Å². The van der Waals surface area contributed by atoms with E-state index in [0.717, 1.165) is 31.3 Å². The number of ether oxygens (including phenoxy) is 1. The number of nitrogens with two attached hydrogens (primary N) is 1. The van der Waals surface area contributed by atoms with Gasteiger partial charge in [-0.15, -0.1) is 11.8 Å². The van der Waals surface area contributed by atoms with Crippen LogP contribution in [0.5, 0.6) is 0 Å². The summed E-state index contributed by atoms with van der Waals surface area (Å²) in [7, 11) is 3.74. The zero-order chi connectivity index (χ0) is 28.0. The third-order valence-corrected chi connectivity index (χ3v) is 8.32. The minimum Gasteiger partial charge on any atom is -0.400 e. The van der Waals surface area contributed by atoms with Gasteiger partial charge in [0.2, 0.25) is 5.95 Å². The minimum atomic E-state index is -0.592. The van der Waals surface area contributed by atoms with Crippen LogP contribution in [0.4, 0.5) is 20.5 Å². The zero-order valence-corrected chi connectivity index (χ0v) is 23.5. The van der Waals surface area contributed by atoms with Crippen molar-refractivity contribution in [3.63, 3.8) is 0 Å². The number of anilines is 2. The van der Waals surface area contributed by atoms with Crippen molar-refractivity contribution < 1.29 is 13.5 Å². The third-order valence-electron chi connectivity index (χ3n) is 7.18. The summed E-state index contributed by atoms with van der Waals surface area (Å²) in [5.74, 6) is 0.681. The molecule has 11 heteroatoms. The van der Waals surface area contributed by atoms with Gasteiger partial charge in [-0.25, -0.2) is 13.8 Å². The van der Waals surface area contributed by atoms with Crippen molar-refractivity contribution in [2.24, 2.45) is 11.7 Å². The Hall–Kier alpha value is -3.49. The van der Waals surface area contributed by atoms with Crippen molar-refractivity contribution in [1.82, 2.24) is 15.0 Å². The monoisotopic (exact) mass is 551 g/mol. The molecule has 204 valence electrons. The number of halogens is 2. The van der Waals surface area contributed by atoms with E-state index >= 15 is 4.39 Å². The number of rotatable bonds is 3. The molecule has 39 heavy (non-hydrogen) atoms. The number of benzene rings is 1. The Labute approximate surface area is 230 Å². The number of hydrogen-bond donors (Lipinski definition) is 1. The maximum absolute atomic E-state index is 16.7. The number of fused-ring (bicyclic) bond motifs is 4. The van der Waals surface area contributed by atoms with Gasteiger partial charge in [-0.05, 0) is 23.5 Å². The van der Waals surface area contributed by atoms with Crippen molar-refractivity contribution in [2.45, 2.75) is 45.3 Å². The molecule has 1 aromatic carbocycles. The van der Waals surface area contributed by atoms with Crippen molar-refractivity contribution in [1.29, 1.82) is 5.26 Å². The van der Waals surface area contributed by atoms with Gasteiger partial charge in [-0.1, -0.05) is 20.8 Å². The first-order valence-corrected chi connectivity index (χ1v) is 14.0. The highest BCUT2D eigenvalue weighted by Crippen LogP contribution is 2.47. The molecule has 5 heterocycles. The number of hydrogen-bond acceptors (Lipinski definition) is 9. The van der Waals surface area contributed by atoms with E-state index in [1.807, 2.05) is 32.8 Å². The number of thioether (sulfide) groups is 1. The lowest BCUT2D eigenvalue weighted by Gasteiger charge is -2.24. The van der Waals surface area contributed by atoms with Crippen LogP contribution in [-0.2, 0) is 18.0 Å². The quantitative estimate of drug-likeness (QED) is 0.468. The van der Waals surface area contributed by atoms with Gasteiger partial charge in [0.05, 0.1) is 41.0 Å². The molecule has 1 unspecified atom stereocenters. The standard InChI is InChI=1S/C26H25F2N7OS.C2H6/c1-12-4-5-35(8-12)26-32-23-20(25(33-26)34(2)3)15-10-36-9-14(15)18(21(23)28)22-19-13(6-29)17(30)11-37-24(19)16(27)7-31-22;1-2/h7,12H,4-5,8-11,30H2,1-3H3;1-2H3. The highest BCUT2D eigenvalue weighted by atomic mass is 32.2. The number of nitriles is 1. The molecule has 3 aromatic rings. The molecular formula is C28H31F2N7OS. The predicted molar refractivity (Wildman–Crippen MR) is 150 cm³/mol. The maximum atomic E-state index is 16.7. The molecule has 0 spiro atoms. The normalized spacial score (nSPS) is 18.0. The van der Waals surface area contributed by atoms with Crippen LogP contribution >= 0.6 is 11.8 Å². The first-order chi connectivity index (χ1) is 18.8. The van der Waals surface area contributed by atoms with Gasteiger partial charge in [0.25, 0.3) is 0 Å². The Bertz CT molecular complexity index is 1550. The highest BCUT2D eigenvalue weighted by molar-refractivity contribution is 7.99. The van der Waals surface area contributed by atoms with Gasteiger partial charge >= 0.3 is 0 Å². The van der Waals surface area contributed by atoms with E-state index < -0.39 is 11.6 Å². The highest BCUT2D eigenvalue weighted by Gasteiger charge is 2.34. The van der Waals surface area contributed by atoms with E-state index in [0.29, 0.717) is 34.3 Å². The van der Waals surface area contributed by atoms with Gasteiger partial charge in [-0.2, -0.15) is 10.2 Å². The predicted octanol–water partition coefficient (Wildman–Crippen LogP) is 5.24. The number of pyridine rings is 1. The molecule has 0 bridgehead atoms. The summed E-state index contributed by atoms with van der Waals surface area (Å²) >= 11 is 1.18. The summed E-state index contributed by atoms with van der Waals surface area (Å²) in [4.78, 5) is 18.1. The lowest BCUT2D eigenvalue weighted by Crippen LogP contribution is -2.24. The molecule has 2 aromatic heterocycles. The van der Waals surface area contributed by atoms with Crippen LogP contribution in [0.2, 0.25) is 0 Å². The average Bonchev–Trinajstić information content (AvgIpc) is 3.59. The van der Waals surface area contributed by atoms with Crippen LogP contribution < -0.4 is 15.5 Å². The topological polar surface area (TPSA) is 104 Å². The van der Waals surface area contributed by atoms with E-state index in [2.05, 4.69) is 22.9 Å². The summed E-state index contributed by atoms with van der Waals surface area (Å²) in [5.41, 5.74) is 8.66. The van der Waals surface area contributed by atoms with Crippen LogP contribution in [0.15, 0.2) is 16.8 Å². The minimum absolute atomic E-state index is 0.117. The Kier molecular flexibility index (Phi) is 7.35. The summed E-state index contributed by atoms with van der Waals surface area (Å²) in [6.45, 7) is 8.16. The fourth-order valence-electron chi connectivity index (χ4n) is 5.37. The Morgan fingerprint density at radius 2 is 1.92 bits per heavy atom. The summed E-state index contributed by atoms with van der Waals surface area (Å²) in [6, 6.07) is 2.09. The van der Waals surface area contributed by atoms with Crippen LogP contribution in [-0.4, -0.2) is 47.9 Å². The Balaban J connectivity index is 0.00000151. The second kappa shape index (κ2) is 10.6. The Morgan fingerprint density at radius 3 is 2.59 bits per heavy atom. The number of nitrogens with zero attached hydrogens (tertiary/aromatic N) is 6. The molecule has 6 rings (SSSR count). The van der Waals surface area contributed by atoms with E-state index in [4.69, 9.17) is 20.4 Å². The van der Waals surface area contributed by atoms with E-state index in [1.165, 1.54) is 11.8 Å². The van der Waals surface area contributed by atoms with Crippen LogP contribution in [0, 0.1) is 28.9 Å². The SMILES string of the molecule is CC.CC1CCN(c2nc(N(C)C)c3c4c(c(-c5ncc(F)c6c5C(C#N)=C(N)CS6)c(F)c3n2)COC4)C1. The molecule has 1 atom stereocenters. The van der Waals surface area contributed by atoms with E-state index in [9.17, 15) is 9.65 Å². The molecule has 3 aliphatic heterocycles. The fraction of sp³-hybridized carbons (Fsp3) is 0.429. The molecule has 0 aliphatic carbocycles. The molecule has 1 saturated heterocycles. The van der Waals surface area contributed by atoms with Gasteiger partial charge in [-0.3, -0.25) is 4.98 Å².